The second-order valence-corrected chi connectivity index (χ2v) is 1.64. The summed E-state index contributed by atoms with van der Waals surface area (Å²) < 4.78 is 3.89. The van der Waals surface area contributed by atoms with Crippen molar-refractivity contribution in [2.75, 3.05) is 0 Å². The van der Waals surface area contributed by atoms with Crippen LogP contribution in [-0.2, 0) is 9.53 Å². The van der Waals surface area contributed by atoms with Crippen molar-refractivity contribution in [1.82, 2.24) is 0 Å². The highest BCUT2D eigenvalue weighted by Gasteiger charge is 2.04. The van der Waals surface area contributed by atoms with Crippen molar-refractivity contribution in [3.8, 4) is 6.26 Å². The number of nitriles is 1. The molecule has 0 atom stereocenters. The fourth-order valence-corrected chi connectivity index (χ4v) is 0.430. The van der Waals surface area contributed by atoms with Crippen LogP contribution in [0, 0.1) is 11.5 Å². The molecule has 0 aromatic carbocycles. The van der Waals surface area contributed by atoms with E-state index in [9.17, 15) is 4.79 Å². The minimum atomic E-state index is -0.789. The van der Waals surface area contributed by atoms with Gasteiger partial charge in [0, 0.05) is 0 Å². The van der Waals surface area contributed by atoms with Crippen molar-refractivity contribution < 1.29 is 14.6 Å². The topological polar surface area (TPSA) is 70.3 Å². The first-order chi connectivity index (χ1) is 5.20. The van der Waals surface area contributed by atoms with E-state index in [1.54, 1.807) is 0 Å². The quantitative estimate of drug-likeness (QED) is 0.284. The number of carbonyl (C=O) groups is 1. The summed E-state index contributed by atoms with van der Waals surface area (Å²) in [7, 11) is 0. The summed E-state index contributed by atoms with van der Waals surface area (Å²) in [6.45, 7) is 3.30. The van der Waals surface area contributed by atoms with Crippen molar-refractivity contribution >= 4 is 5.97 Å². The Morgan fingerprint density at radius 1 is 1.82 bits per heavy atom. The van der Waals surface area contributed by atoms with Gasteiger partial charge in [-0.3, -0.25) is 4.79 Å². The Kier molecular flexibility index (Phi) is 4.25. The minimum absolute atomic E-state index is 0.180. The number of esters is 1. The zero-order valence-electron chi connectivity index (χ0n) is 5.78. The van der Waals surface area contributed by atoms with Crippen molar-refractivity contribution in [2.45, 2.75) is 6.42 Å². The van der Waals surface area contributed by atoms with E-state index in [0.717, 1.165) is 0 Å². The highest BCUT2D eigenvalue weighted by Crippen LogP contribution is 1.97. The van der Waals surface area contributed by atoms with Gasteiger partial charge in [-0.25, -0.2) is 0 Å². The third-order valence-corrected chi connectivity index (χ3v) is 0.795. The second-order valence-electron chi connectivity index (χ2n) is 1.64. The van der Waals surface area contributed by atoms with Gasteiger partial charge in [0.25, 0.3) is 6.26 Å². The molecule has 0 heterocycles. The Balaban J connectivity index is 3.86. The Morgan fingerprint density at radius 3 is 2.91 bits per heavy atom. The lowest BCUT2D eigenvalue weighted by Gasteiger charge is -1.93. The monoisotopic (exact) mass is 153 g/mol. The van der Waals surface area contributed by atoms with Gasteiger partial charge in [0.1, 0.15) is 12.2 Å². The second kappa shape index (κ2) is 5.06. The van der Waals surface area contributed by atoms with Gasteiger partial charge in [0.2, 0.25) is 0 Å². The molecule has 0 spiro atoms. The highest BCUT2D eigenvalue weighted by atomic mass is 16.5. The standard InChI is InChI=1S/C7H7NO3/c1-2-3-6(9)4-7(10)11-5-8/h2-3,9H,1,4H2. The number of hydrogen-bond donors (Lipinski definition) is 1. The van der Waals surface area contributed by atoms with Gasteiger partial charge in [0.05, 0.1) is 0 Å². The fraction of sp³-hybridized carbons (Fsp3) is 0.143. The SMILES string of the molecule is C=CC=C(O)CC(=O)OC#N. The number of hydrogen-bond acceptors (Lipinski definition) is 4. The van der Waals surface area contributed by atoms with Gasteiger partial charge in [-0.1, -0.05) is 12.7 Å². The molecule has 0 fully saturated rings. The van der Waals surface area contributed by atoms with Crippen LogP contribution >= 0.6 is 0 Å². The van der Waals surface area contributed by atoms with Crippen molar-refractivity contribution in [1.29, 1.82) is 5.26 Å². The summed E-state index contributed by atoms with van der Waals surface area (Å²) in [5.74, 6) is -0.969. The average Bonchev–Trinajstić information content (AvgIpc) is 1.87. The molecular formula is C7H7NO3. The van der Waals surface area contributed by atoms with Crippen molar-refractivity contribution in [2.24, 2.45) is 0 Å². The molecule has 0 radical (unpaired) electrons. The molecular weight excluding hydrogens is 146 g/mol. The van der Waals surface area contributed by atoms with E-state index < -0.39 is 5.97 Å². The van der Waals surface area contributed by atoms with E-state index >= 15 is 0 Å². The minimum Gasteiger partial charge on any atom is -0.512 e. The van der Waals surface area contributed by atoms with Crippen LogP contribution < -0.4 is 0 Å². The first-order valence-electron chi connectivity index (χ1n) is 2.80. The lowest BCUT2D eigenvalue weighted by atomic mass is 10.3. The summed E-state index contributed by atoms with van der Waals surface area (Å²) in [6.07, 6.45) is 3.47. The highest BCUT2D eigenvalue weighted by molar-refractivity contribution is 5.72. The van der Waals surface area contributed by atoms with E-state index in [-0.39, 0.29) is 12.2 Å². The predicted octanol–water partition coefficient (Wildman–Crippen LogP) is 1.03. The number of rotatable bonds is 3. The molecule has 4 heteroatoms. The molecule has 4 nitrogen and oxygen atoms in total. The number of carbonyl (C=O) groups excluding carboxylic acids is 1. The van der Waals surface area contributed by atoms with E-state index in [2.05, 4.69) is 11.3 Å². The number of aliphatic hydroxyl groups excluding tert-OH is 1. The molecule has 0 bridgehead atoms. The van der Waals surface area contributed by atoms with Gasteiger partial charge in [-0.2, -0.15) is 0 Å². The largest absolute Gasteiger partial charge is 0.512 e. The molecule has 0 aliphatic carbocycles. The molecule has 0 saturated heterocycles. The number of allylic oxidation sites excluding steroid dienone is 2. The van der Waals surface area contributed by atoms with Crippen LogP contribution in [-0.4, -0.2) is 11.1 Å². The maximum Gasteiger partial charge on any atom is 0.329 e. The summed E-state index contributed by atoms with van der Waals surface area (Å²) in [5, 5.41) is 16.7. The van der Waals surface area contributed by atoms with Crippen LogP contribution in [0.2, 0.25) is 0 Å². The van der Waals surface area contributed by atoms with E-state index in [4.69, 9.17) is 10.4 Å². The Bertz CT molecular complexity index is 224. The normalized spacial score (nSPS) is 9.91. The maximum atomic E-state index is 10.4. The molecule has 0 aliphatic heterocycles. The molecule has 11 heavy (non-hydrogen) atoms. The molecule has 0 amide bonds. The zero-order valence-corrected chi connectivity index (χ0v) is 5.78. The van der Waals surface area contributed by atoms with E-state index in [1.165, 1.54) is 18.4 Å². The molecule has 1 N–H and O–H groups in total. The molecule has 58 valence electrons. The third-order valence-electron chi connectivity index (χ3n) is 0.795. The van der Waals surface area contributed by atoms with Crippen LogP contribution in [0.4, 0.5) is 0 Å². The van der Waals surface area contributed by atoms with Gasteiger partial charge in [-0.05, 0) is 6.08 Å². The summed E-state index contributed by atoms with van der Waals surface area (Å²) in [5.41, 5.74) is 0. The lowest BCUT2D eigenvalue weighted by molar-refractivity contribution is -0.136. The maximum absolute atomic E-state index is 10.4. The Morgan fingerprint density at radius 2 is 2.45 bits per heavy atom. The Hall–Kier alpha value is -1.76. The summed E-state index contributed by atoms with van der Waals surface area (Å²) in [6, 6.07) is 0. The van der Waals surface area contributed by atoms with Gasteiger partial charge < -0.3 is 9.84 Å². The van der Waals surface area contributed by atoms with Gasteiger partial charge in [0.15, 0.2) is 0 Å². The number of nitrogens with zero attached hydrogens (tertiary/aromatic N) is 1. The lowest BCUT2D eigenvalue weighted by Crippen LogP contribution is -2.00. The molecule has 0 aromatic heterocycles. The van der Waals surface area contributed by atoms with Crippen LogP contribution in [0.5, 0.6) is 0 Å². The van der Waals surface area contributed by atoms with Gasteiger partial charge in [-0.15, -0.1) is 5.26 Å². The first-order valence-corrected chi connectivity index (χ1v) is 2.80. The van der Waals surface area contributed by atoms with Crippen LogP contribution in [0.15, 0.2) is 24.5 Å². The zero-order chi connectivity index (χ0) is 8.69. The summed E-state index contributed by atoms with van der Waals surface area (Å²) in [4.78, 5) is 10.4. The molecule has 0 aromatic rings. The van der Waals surface area contributed by atoms with Gasteiger partial charge >= 0.3 is 5.97 Å². The molecule has 0 saturated carbocycles. The van der Waals surface area contributed by atoms with Crippen molar-refractivity contribution in [3.05, 3.63) is 24.5 Å². The van der Waals surface area contributed by atoms with Crippen molar-refractivity contribution in [3.63, 3.8) is 0 Å². The van der Waals surface area contributed by atoms with E-state index in [1.807, 2.05) is 0 Å². The molecule has 0 rings (SSSR count). The fourth-order valence-electron chi connectivity index (χ4n) is 0.430. The van der Waals surface area contributed by atoms with Crippen LogP contribution in [0.1, 0.15) is 6.42 Å². The van der Waals surface area contributed by atoms with Crippen LogP contribution in [0.25, 0.3) is 0 Å². The molecule has 0 unspecified atom stereocenters. The predicted molar refractivity (Wildman–Crippen MR) is 37.2 cm³/mol. The summed E-state index contributed by atoms with van der Waals surface area (Å²) >= 11 is 0. The number of aliphatic hydroxyl groups is 1. The smallest absolute Gasteiger partial charge is 0.329 e. The number of ether oxygens (including phenoxy) is 1. The van der Waals surface area contributed by atoms with Crippen LogP contribution in [0.3, 0.4) is 0 Å². The average molecular weight is 153 g/mol. The first kappa shape index (κ1) is 9.24. The van der Waals surface area contributed by atoms with E-state index in [0.29, 0.717) is 0 Å². The third kappa shape index (κ3) is 4.73. The Labute approximate surface area is 64.0 Å². The molecule has 0 aliphatic rings.